The van der Waals surface area contributed by atoms with Crippen molar-refractivity contribution in [2.24, 2.45) is 11.7 Å². The van der Waals surface area contributed by atoms with E-state index in [2.05, 4.69) is 20.8 Å². The average molecular weight is 366 g/mol. The van der Waals surface area contributed by atoms with Gasteiger partial charge in [0, 0.05) is 5.54 Å². The number of rotatable bonds is 14. The molecule has 4 nitrogen and oxygen atoms in total. The van der Waals surface area contributed by atoms with Crippen molar-refractivity contribution in [3.05, 3.63) is 23.8 Å². The Morgan fingerprint density at radius 2 is 1.85 bits per heavy atom. The fourth-order valence-corrected chi connectivity index (χ4v) is 3.21. The van der Waals surface area contributed by atoms with E-state index in [-0.39, 0.29) is 12.4 Å². The Bertz CT molecular complexity index is 504. The minimum atomic E-state index is -0.533. The molecule has 0 heterocycles. The van der Waals surface area contributed by atoms with Crippen LogP contribution in [0.2, 0.25) is 0 Å². The van der Waals surface area contributed by atoms with Crippen LogP contribution < -0.4 is 10.5 Å². The molecule has 0 bridgehead atoms. The third kappa shape index (κ3) is 8.91. The van der Waals surface area contributed by atoms with Gasteiger partial charge in [-0.3, -0.25) is 0 Å². The first kappa shape index (κ1) is 22.8. The first-order valence-electron chi connectivity index (χ1n) is 10.2. The zero-order valence-electron chi connectivity index (χ0n) is 17.0. The molecule has 0 saturated heterocycles. The highest BCUT2D eigenvalue weighted by Gasteiger charge is 2.22. The topological polar surface area (TPSA) is 75.7 Å². The largest absolute Gasteiger partial charge is 0.504 e. The molecule has 0 aliphatic carbocycles. The average Bonchev–Trinajstić information content (AvgIpc) is 2.60. The van der Waals surface area contributed by atoms with Gasteiger partial charge in [-0.2, -0.15) is 0 Å². The number of aromatic hydroxyl groups is 1. The van der Waals surface area contributed by atoms with E-state index in [1.54, 1.807) is 6.07 Å². The summed E-state index contributed by atoms with van der Waals surface area (Å²) in [5.41, 5.74) is 6.70. The number of ether oxygens (including phenoxy) is 1. The van der Waals surface area contributed by atoms with E-state index in [0.717, 1.165) is 37.2 Å². The second kappa shape index (κ2) is 12.2. The van der Waals surface area contributed by atoms with Gasteiger partial charge in [-0.1, -0.05) is 58.9 Å². The molecular formula is C22H39NO3. The first-order valence-corrected chi connectivity index (χ1v) is 10.2. The Balaban J connectivity index is 2.35. The SMILES string of the molecule is CCCC(N)(CO)CCc1ccc(OCCCCCCC(C)C)c(O)c1. The number of aliphatic hydroxyl groups is 1. The first-order chi connectivity index (χ1) is 12.4. The van der Waals surface area contributed by atoms with Gasteiger partial charge in [0.15, 0.2) is 11.5 Å². The molecule has 4 heteroatoms. The summed E-state index contributed by atoms with van der Waals surface area (Å²) in [5.74, 6) is 1.51. The smallest absolute Gasteiger partial charge is 0.160 e. The molecule has 0 aliphatic rings. The van der Waals surface area contributed by atoms with Crippen LogP contribution in [-0.4, -0.2) is 29.0 Å². The maximum absolute atomic E-state index is 10.2. The second-order valence-electron chi connectivity index (χ2n) is 8.02. The molecule has 0 amide bonds. The molecule has 1 aromatic rings. The van der Waals surface area contributed by atoms with E-state index < -0.39 is 5.54 Å². The molecule has 1 atom stereocenters. The summed E-state index contributed by atoms with van der Waals surface area (Å²) in [6.45, 7) is 7.22. The van der Waals surface area contributed by atoms with E-state index >= 15 is 0 Å². The summed E-state index contributed by atoms with van der Waals surface area (Å²) in [6, 6.07) is 5.56. The van der Waals surface area contributed by atoms with Crippen molar-refractivity contribution >= 4 is 0 Å². The molecule has 0 saturated carbocycles. The number of aliphatic hydroxyl groups excluding tert-OH is 1. The monoisotopic (exact) mass is 365 g/mol. The van der Waals surface area contributed by atoms with Gasteiger partial charge < -0.3 is 20.7 Å². The lowest BCUT2D eigenvalue weighted by Gasteiger charge is -2.26. The molecule has 1 aromatic carbocycles. The van der Waals surface area contributed by atoms with Crippen molar-refractivity contribution < 1.29 is 14.9 Å². The lowest BCUT2D eigenvalue weighted by atomic mass is 9.89. The zero-order valence-corrected chi connectivity index (χ0v) is 17.0. The van der Waals surface area contributed by atoms with Gasteiger partial charge in [0.1, 0.15) is 0 Å². The Kier molecular flexibility index (Phi) is 10.7. The summed E-state index contributed by atoms with van der Waals surface area (Å²) >= 11 is 0. The number of benzene rings is 1. The van der Waals surface area contributed by atoms with E-state index in [4.69, 9.17) is 10.5 Å². The molecule has 0 aromatic heterocycles. The molecule has 1 rings (SSSR count). The molecule has 150 valence electrons. The number of hydrogen-bond acceptors (Lipinski definition) is 4. The quantitative estimate of drug-likeness (QED) is 0.414. The van der Waals surface area contributed by atoms with E-state index in [9.17, 15) is 10.2 Å². The maximum Gasteiger partial charge on any atom is 0.160 e. The van der Waals surface area contributed by atoms with Gasteiger partial charge in [-0.15, -0.1) is 0 Å². The second-order valence-corrected chi connectivity index (χ2v) is 8.02. The Morgan fingerprint density at radius 1 is 1.12 bits per heavy atom. The van der Waals surface area contributed by atoms with Crippen LogP contribution in [0.5, 0.6) is 11.5 Å². The fraction of sp³-hybridized carbons (Fsp3) is 0.727. The van der Waals surface area contributed by atoms with Crippen LogP contribution in [0.25, 0.3) is 0 Å². The predicted molar refractivity (Wildman–Crippen MR) is 109 cm³/mol. The van der Waals surface area contributed by atoms with Gasteiger partial charge in [0.05, 0.1) is 13.2 Å². The van der Waals surface area contributed by atoms with Gasteiger partial charge in [0.2, 0.25) is 0 Å². The molecular weight excluding hydrogens is 326 g/mol. The molecule has 4 N–H and O–H groups in total. The third-order valence-electron chi connectivity index (χ3n) is 4.93. The minimum absolute atomic E-state index is 0.00874. The fourth-order valence-electron chi connectivity index (χ4n) is 3.21. The predicted octanol–water partition coefficient (Wildman–Crippen LogP) is 4.80. The third-order valence-corrected chi connectivity index (χ3v) is 4.93. The van der Waals surface area contributed by atoms with Crippen molar-refractivity contribution in [1.82, 2.24) is 0 Å². The van der Waals surface area contributed by atoms with E-state index in [1.165, 1.54) is 25.7 Å². The van der Waals surface area contributed by atoms with Gasteiger partial charge >= 0.3 is 0 Å². The van der Waals surface area contributed by atoms with Crippen LogP contribution in [0, 0.1) is 5.92 Å². The summed E-state index contributed by atoms with van der Waals surface area (Å²) in [6.07, 6.45) is 9.20. The number of phenolic OH excluding ortho intramolecular Hbond substituents is 1. The summed E-state index contributed by atoms with van der Waals surface area (Å²) in [4.78, 5) is 0. The molecule has 1 unspecified atom stereocenters. The summed E-state index contributed by atoms with van der Waals surface area (Å²) in [5, 5.41) is 19.7. The highest BCUT2D eigenvalue weighted by Crippen LogP contribution is 2.28. The van der Waals surface area contributed by atoms with Crippen molar-refractivity contribution in [3.63, 3.8) is 0 Å². The maximum atomic E-state index is 10.2. The van der Waals surface area contributed by atoms with Crippen LogP contribution in [0.4, 0.5) is 0 Å². The molecule has 0 fully saturated rings. The van der Waals surface area contributed by atoms with Gasteiger partial charge in [-0.25, -0.2) is 0 Å². The number of aryl methyl sites for hydroxylation is 1. The summed E-state index contributed by atoms with van der Waals surface area (Å²) < 4.78 is 5.71. The van der Waals surface area contributed by atoms with Gasteiger partial charge in [-0.05, 0) is 49.3 Å². The minimum Gasteiger partial charge on any atom is -0.504 e. The van der Waals surface area contributed by atoms with Crippen LogP contribution in [0.1, 0.15) is 77.7 Å². The van der Waals surface area contributed by atoms with Crippen LogP contribution in [0.15, 0.2) is 18.2 Å². The number of phenols is 1. The lowest BCUT2D eigenvalue weighted by Crippen LogP contribution is -2.43. The standard InChI is InChI=1S/C22H39NO3/c1-4-13-22(23,17-24)14-12-19-10-11-21(20(25)16-19)26-15-8-6-5-7-9-18(2)3/h10-11,16,18,24-25H,4-9,12-15,17,23H2,1-3H3. The van der Waals surface area contributed by atoms with Crippen molar-refractivity contribution in [1.29, 1.82) is 0 Å². The van der Waals surface area contributed by atoms with E-state index in [0.29, 0.717) is 18.8 Å². The Morgan fingerprint density at radius 3 is 2.46 bits per heavy atom. The molecule has 0 spiro atoms. The highest BCUT2D eigenvalue weighted by atomic mass is 16.5. The van der Waals surface area contributed by atoms with Crippen LogP contribution in [-0.2, 0) is 6.42 Å². The summed E-state index contributed by atoms with van der Waals surface area (Å²) in [7, 11) is 0. The van der Waals surface area contributed by atoms with Crippen LogP contribution >= 0.6 is 0 Å². The zero-order chi connectivity index (χ0) is 19.4. The van der Waals surface area contributed by atoms with Gasteiger partial charge in [0.25, 0.3) is 0 Å². The number of hydrogen-bond donors (Lipinski definition) is 3. The van der Waals surface area contributed by atoms with E-state index in [1.807, 2.05) is 12.1 Å². The molecule has 0 radical (unpaired) electrons. The molecule has 0 aliphatic heterocycles. The normalized spacial score (nSPS) is 13.8. The van der Waals surface area contributed by atoms with Crippen molar-refractivity contribution in [2.45, 2.75) is 84.1 Å². The Hall–Kier alpha value is -1.26. The van der Waals surface area contributed by atoms with Crippen molar-refractivity contribution in [3.8, 4) is 11.5 Å². The highest BCUT2D eigenvalue weighted by molar-refractivity contribution is 5.41. The molecule has 26 heavy (non-hydrogen) atoms. The number of unbranched alkanes of at least 4 members (excludes halogenated alkanes) is 3. The Labute approximate surface area is 159 Å². The lowest BCUT2D eigenvalue weighted by molar-refractivity contribution is 0.177. The van der Waals surface area contributed by atoms with Crippen molar-refractivity contribution in [2.75, 3.05) is 13.2 Å². The van der Waals surface area contributed by atoms with Crippen LogP contribution in [0.3, 0.4) is 0 Å². The number of nitrogens with two attached hydrogens (primary N) is 1.